The predicted octanol–water partition coefficient (Wildman–Crippen LogP) is -0.0737. The van der Waals surface area contributed by atoms with Gasteiger partial charge in [-0.3, -0.25) is 0 Å². The number of rotatable bonds is 0. The summed E-state index contributed by atoms with van der Waals surface area (Å²) < 4.78 is 0. The zero-order valence-electron chi connectivity index (χ0n) is 5.43. The summed E-state index contributed by atoms with van der Waals surface area (Å²) in [5.74, 6) is 0. The zero-order valence-corrected chi connectivity index (χ0v) is 5.43. The summed E-state index contributed by atoms with van der Waals surface area (Å²) in [5, 5.41) is 4.28. The summed E-state index contributed by atoms with van der Waals surface area (Å²) in [6.45, 7) is 4.49. The summed E-state index contributed by atoms with van der Waals surface area (Å²) in [4.78, 5) is 2.33. The fourth-order valence-corrected chi connectivity index (χ4v) is 0.917. The van der Waals surface area contributed by atoms with Crippen LogP contribution >= 0.6 is 0 Å². The number of hydrogen-bond donors (Lipinski definition) is 0. The average Bonchev–Trinajstić information content (AvgIpc) is 1.94. The smallest absolute Gasteiger partial charge is 0.0261 e. The molecule has 0 aromatic carbocycles. The SMILES string of the molecule is CN1CCC[N]CC1. The molecule has 1 aliphatic heterocycles. The van der Waals surface area contributed by atoms with E-state index in [1.807, 2.05) is 0 Å². The maximum absolute atomic E-state index is 4.28. The number of hydrogen-bond acceptors (Lipinski definition) is 1. The maximum atomic E-state index is 4.28. The van der Waals surface area contributed by atoms with Crippen molar-refractivity contribution >= 4 is 0 Å². The van der Waals surface area contributed by atoms with Gasteiger partial charge < -0.3 is 4.90 Å². The molecule has 0 saturated carbocycles. The van der Waals surface area contributed by atoms with Crippen LogP contribution in [0.5, 0.6) is 0 Å². The number of nitrogens with zero attached hydrogens (tertiary/aromatic N) is 2. The Bertz CT molecular complexity index is 55.5. The molecule has 0 N–H and O–H groups in total. The summed E-state index contributed by atoms with van der Waals surface area (Å²) in [7, 11) is 2.15. The quantitative estimate of drug-likeness (QED) is 0.430. The van der Waals surface area contributed by atoms with Crippen LogP contribution in [0.25, 0.3) is 0 Å². The monoisotopic (exact) mass is 113 g/mol. The van der Waals surface area contributed by atoms with Gasteiger partial charge in [0.25, 0.3) is 0 Å². The Kier molecular flexibility index (Phi) is 2.30. The molecule has 0 aromatic heterocycles. The van der Waals surface area contributed by atoms with Crippen molar-refractivity contribution in [2.24, 2.45) is 0 Å². The third-order valence-corrected chi connectivity index (χ3v) is 1.50. The molecule has 1 radical (unpaired) electrons. The third kappa shape index (κ3) is 1.80. The first-order chi connectivity index (χ1) is 3.89. The standard InChI is InChI=1S/C6H13N2/c1-8-5-2-3-7-4-6-8/h2-6H2,1H3. The van der Waals surface area contributed by atoms with Crippen molar-refractivity contribution in [3.8, 4) is 0 Å². The average molecular weight is 113 g/mol. The highest BCUT2D eigenvalue weighted by molar-refractivity contribution is 4.60. The molecular weight excluding hydrogens is 100 g/mol. The molecule has 0 spiro atoms. The number of likely N-dealkylation sites (N-methyl/N-ethyl adjacent to an activating group) is 1. The van der Waals surface area contributed by atoms with Crippen molar-refractivity contribution < 1.29 is 0 Å². The van der Waals surface area contributed by atoms with Gasteiger partial charge in [0, 0.05) is 19.6 Å². The minimum absolute atomic E-state index is 1.04. The molecular formula is C6H13N2. The van der Waals surface area contributed by atoms with E-state index in [-0.39, 0.29) is 0 Å². The van der Waals surface area contributed by atoms with Crippen molar-refractivity contribution in [2.45, 2.75) is 6.42 Å². The molecule has 0 unspecified atom stereocenters. The van der Waals surface area contributed by atoms with Gasteiger partial charge in [-0.25, -0.2) is 5.32 Å². The second kappa shape index (κ2) is 3.05. The molecule has 1 heterocycles. The minimum Gasteiger partial charge on any atom is -0.305 e. The molecule has 1 saturated heterocycles. The van der Waals surface area contributed by atoms with Crippen LogP contribution in [0, 0.1) is 0 Å². The van der Waals surface area contributed by atoms with E-state index in [4.69, 9.17) is 0 Å². The van der Waals surface area contributed by atoms with Crippen molar-refractivity contribution in [1.82, 2.24) is 10.2 Å². The summed E-state index contributed by atoms with van der Waals surface area (Å²) in [6.07, 6.45) is 1.25. The van der Waals surface area contributed by atoms with Gasteiger partial charge in [0.05, 0.1) is 0 Å². The molecule has 0 aliphatic carbocycles. The molecule has 47 valence electrons. The lowest BCUT2D eigenvalue weighted by molar-refractivity contribution is 0.358. The Morgan fingerprint density at radius 2 is 2.12 bits per heavy atom. The first-order valence-electron chi connectivity index (χ1n) is 3.21. The summed E-state index contributed by atoms with van der Waals surface area (Å²) in [5.41, 5.74) is 0. The van der Waals surface area contributed by atoms with Crippen LogP contribution in [-0.2, 0) is 0 Å². The van der Waals surface area contributed by atoms with Crippen LogP contribution in [0.3, 0.4) is 0 Å². The fraction of sp³-hybridized carbons (Fsp3) is 1.00. The molecule has 2 heteroatoms. The largest absolute Gasteiger partial charge is 0.305 e. The van der Waals surface area contributed by atoms with Crippen molar-refractivity contribution in [2.75, 3.05) is 33.2 Å². The van der Waals surface area contributed by atoms with Crippen LogP contribution in [0.4, 0.5) is 0 Å². The van der Waals surface area contributed by atoms with E-state index in [0.29, 0.717) is 0 Å². The van der Waals surface area contributed by atoms with Gasteiger partial charge >= 0.3 is 0 Å². The highest BCUT2D eigenvalue weighted by Crippen LogP contribution is 1.89. The van der Waals surface area contributed by atoms with E-state index >= 15 is 0 Å². The van der Waals surface area contributed by atoms with Gasteiger partial charge in [-0.2, -0.15) is 0 Å². The van der Waals surface area contributed by atoms with Gasteiger partial charge in [-0.15, -0.1) is 0 Å². The molecule has 1 rings (SSSR count). The molecule has 8 heavy (non-hydrogen) atoms. The topological polar surface area (TPSA) is 17.3 Å². The molecule has 2 nitrogen and oxygen atoms in total. The van der Waals surface area contributed by atoms with E-state index < -0.39 is 0 Å². The minimum atomic E-state index is 1.04. The van der Waals surface area contributed by atoms with Gasteiger partial charge in [-0.05, 0) is 20.0 Å². The van der Waals surface area contributed by atoms with Gasteiger partial charge in [-0.1, -0.05) is 0 Å². The Labute approximate surface area is 50.9 Å². The van der Waals surface area contributed by atoms with E-state index in [9.17, 15) is 0 Å². The highest BCUT2D eigenvalue weighted by atomic mass is 15.1. The second-order valence-corrected chi connectivity index (χ2v) is 2.33. The van der Waals surface area contributed by atoms with E-state index in [0.717, 1.165) is 19.6 Å². The maximum Gasteiger partial charge on any atom is 0.0261 e. The molecule has 0 bridgehead atoms. The van der Waals surface area contributed by atoms with Crippen LogP contribution in [-0.4, -0.2) is 38.1 Å². The van der Waals surface area contributed by atoms with Crippen LogP contribution in [0.2, 0.25) is 0 Å². The first kappa shape index (κ1) is 6.05. The zero-order chi connectivity index (χ0) is 5.82. The normalized spacial score (nSPS) is 25.1. The Hall–Kier alpha value is -0.0800. The van der Waals surface area contributed by atoms with Crippen LogP contribution in [0.15, 0.2) is 0 Å². The molecule has 0 atom stereocenters. The Balaban J connectivity index is 2.17. The lowest BCUT2D eigenvalue weighted by atomic mass is 10.4. The fourth-order valence-electron chi connectivity index (χ4n) is 0.917. The molecule has 1 fully saturated rings. The molecule has 0 amide bonds. The van der Waals surface area contributed by atoms with Gasteiger partial charge in [0.1, 0.15) is 0 Å². The highest BCUT2D eigenvalue weighted by Gasteiger charge is 2.01. The lowest BCUT2D eigenvalue weighted by Crippen LogP contribution is -2.21. The van der Waals surface area contributed by atoms with Gasteiger partial charge in [0.15, 0.2) is 0 Å². The Morgan fingerprint density at radius 3 is 3.00 bits per heavy atom. The van der Waals surface area contributed by atoms with Crippen molar-refractivity contribution in [1.29, 1.82) is 0 Å². The van der Waals surface area contributed by atoms with E-state index in [1.54, 1.807) is 0 Å². The van der Waals surface area contributed by atoms with Crippen molar-refractivity contribution in [3.05, 3.63) is 0 Å². The summed E-state index contributed by atoms with van der Waals surface area (Å²) in [6, 6.07) is 0. The molecule has 0 aromatic rings. The predicted molar refractivity (Wildman–Crippen MR) is 34.0 cm³/mol. The summed E-state index contributed by atoms with van der Waals surface area (Å²) >= 11 is 0. The Morgan fingerprint density at radius 1 is 1.25 bits per heavy atom. The van der Waals surface area contributed by atoms with E-state index in [1.165, 1.54) is 13.0 Å². The third-order valence-electron chi connectivity index (χ3n) is 1.50. The molecule has 1 aliphatic rings. The van der Waals surface area contributed by atoms with Crippen LogP contribution in [0.1, 0.15) is 6.42 Å². The first-order valence-corrected chi connectivity index (χ1v) is 3.21. The van der Waals surface area contributed by atoms with Gasteiger partial charge in [0.2, 0.25) is 0 Å². The lowest BCUT2D eigenvalue weighted by Gasteiger charge is -2.09. The van der Waals surface area contributed by atoms with E-state index in [2.05, 4.69) is 17.3 Å². The second-order valence-electron chi connectivity index (χ2n) is 2.33. The van der Waals surface area contributed by atoms with Crippen LogP contribution < -0.4 is 5.32 Å². The van der Waals surface area contributed by atoms with Crippen molar-refractivity contribution in [3.63, 3.8) is 0 Å².